The quantitative estimate of drug-likeness (QED) is 0.897. The third kappa shape index (κ3) is 2.39. The normalized spacial score (nSPS) is 28.3. The first-order valence-electron chi connectivity index (χ1n) is 6.61. The van der Waals surface area contributed by atoms with Crippen molar-refractivity contribution in [2.75, 3.05) is 5.32 Å². The van der Waals surface area contributed by atoms with E-state index in [1.807, 2.05) is 6.07 Å². The van der Waals surface area contributed by atoms with Crippen LogP contribution < -0.4 is 5.32 Å². The topological polar surface area (TPSA) is 81.6 Å². The zero-order chi connectivity index (χ0) is 13.4. The van der Waals surface area contributed by atoms with Crippen molar-refractivity contribution >= 4 is 27.7 Å². The summed E-state index contributed by atoms with van der Waals surface area (Å²) in [5.41, 5.74) is 0.348. The lowest BCUT2D eigenvalue weighted by atomic mass is 9.86. The molecule has 6 heteroatoms. The fourth-order valence-electron chi connectivity index (χ4n) is 3.56. The zero-order valence-electron chi connectivity index (χ0n) is 10.4. The van der Waals surface area contributed by atoms with Gasteiger partial charge < -0.3 is 5.32 Å². The van der Waals surface area contributed by atoms with Crippen LogP contribution in [0.4, 0.5) is 5.82 Å². The number of H-pyrrole nitrogens is 1. The number of nitrogens with zero attached hydrogens (tertiary/aromatic N) is 2. The summed E-state index contributed by atoms with van der Waals surface area (Å²) in [6, 6.07) is 2.01. The molecule has 3 atom stereocenters. The van der Waals surface area contributed by atoms with Gasteiger partial charge in [0.25, 0.3) is 0 Å². The van der Waals surface area contributed by atoms with Crippen LogP contribution in [0.2, 0.25) is 0 Å². The van der Waals surface area contributed by atoms with E-state index in [1.54, 1.807) is 0 Å². The standard InChI is InChI=1S/C13H15BrN4O/c14-12-10(6-15)13(18-17-12)16-11(19)5-9-4-7-1-2-8(9)3-7/h7-9H,1-5H2,(H2,16,17,18,19). The lowest BCUT2D eigenvalue weighted by molar-refractivity contribution is -0.117. The van der Waals surface area contributed by atoms with Gasteiger partial charge in [-0.25, -0.2) is 0 Å². The lowest BCUT2D eigenvalue weighted by Crippen LogP contribution is -2.20. The number of rotatable bonds is 3. The van der Waals surface area contributed by atoms with E-state index in [2.05, 4.69) is 31.4 Å². The van der Waals surface area contributed by atoms with E-state index >= 15 is 0 Å². The van der Waals surface area contributed by atoms with Gasteiger partial charge >= 0.3 is 0 Å². The van der Waals surface area contributed by atoms with Gasteiger partial charge in [-0.1, -0.05) is 6.42 Å². The average Bonchev–Trinajstić information content (AvgIpc) is 3.05. The number of hydrogen-bond donors (Lipinski definition) is 2. The number of aromatic amines is 1. The number of carbonyl (C=O) groups is 1. The van der Waals surface area contributed by atoms with E-state index in [1.165, 1.54) is 25.7 Å². The molecule has 100 valence electrons. The summed E-state index contributed by atoms with van der Waals surface area (Å²) in [6.07, 6.45) is 5.66. The monoisotopic (exact) mass is 322 g/mol. The van der Waals surface area contributed by atoms with Crippen LogP contribution in [0.1, 0.15) is 37.7 Å². The zero-order valence-corrected chi connectivity index (χ0v) is 12.0. The number of halogens is 1. The van der Waals surface area contributed by atoms with Crippen molar-refractivity contribution in [3.8, 4) is 6.07 Å². The molecule has 0 saturated heterocycles. The van der Waals surface area contributed by atoms with Gasteiger partial charge in [0.15, 0.2) is 5.82 Å². The molecule has 1 aromatic rings. The summed E-state index contributed by atoms with van der Waals surface area (Å²) < 4.78 is 0.505. The third-order valence-electron chi connectivity index (χ3n) is 4.42. The molecule has 2 aliphatic carbocycles. The van der Waals surface area contributed by atoms with Gasteiger partial charge in [-0.05, 0) is 52.9 Å². The van der Waals surface area contributed by atoms with Gasteiger partial charge in [0.05, 0.1) is 0 Å². The molecule has 2 bridgehead atoms. The Balaban J connectivity index is 1.61. The van der Waals surface area contributed by atoms with E-state index < -0.39 is 0 Å². The Morgan fingerprint density at radius 1 is 1.53 bits per heavy atom. The summed E-state index contributed by atoms with van der Waals surface area (Å²) in [7, 11) is 0. The van der Waals surface area contributed by atoms with Crippen molar-refractivity contribution in [1.82, 2.24) is 10.2 Å². The number of nitrogens with one attached hydrogen (secondary N) is 2. The highest BCUT2D eigenvalue weighted by Gasteiger charge is 2.40. The first kappa shape index (κ1) is 12.7. The number of amides is 1. The summed E-state index contributed by atoms with van der Waals surface area (Å²) >= 11 is 3.19. The molecule has 2 aliphatic rings. The van der Waals surface area contributed by atoms with E-state index in [-0.39, 0.29) is 5.91 Å². The first-order valence-corrected chi connectivity index (χ1v) is 7.40. The van der Waals surface area contributed by atoms with Crippen LogP contribution in [0, 0.1) is 29.1 Å². The van der Waals surface area contributed by atoms with Gasteiger partial charge in [0, 0.05) is 6.42 Å². The number of fused-ring (bicyclic) bond motifs is 2. The molecule has 2 saturated carbocycles. The maximum atomic E-state index is 12.0. The molecule has 0 aromatic carbocycles. The Bertz CT molecular complexity index is 547. The Kier molecular flexibility index (Phi) is 3.31. The van der Waals surface area contributed by atoms with Crippen molar-refractivity contribution in [1.29, 1.82) is 5.26 Å². The van der Waals surface area contributed by atoms with Gasteiger partial charge in [0.2, 0.25) is 5.91 Å². The van der Waals surface area contributed by atoms with Crippen molar-refractivity contribution < 1.29 is 4.79 Å². The Hall–Kier alpha value is -1.35. The molecule has 2 fully saturated rings. The van der Waals surface area contributed by atoms with E-state index in [0.717, 1.165) is 11.8 Å². The SMILES string of the molecule is N#Cc1c(NC(=O)CC2CC3CCC2C3)n[nH]c1Br. The maximum Gasteiger partial charge on any atom is 0.225 e. The first-order chi connectivity index (χ1) is 9.17. The molecule has 1 aromatic heterocycles. The largest absolute Gasteiger partial charge is 0.308 e. The van der Waals surface area contributed by atoms with Crippen molar-refractivity contribution in [3.63, 3.8) is 0 Å². The summed E-state index contributed by atoms with van der Waals surface area (Å²) in [4.78, 5) is 12.0. The fourth-order valence-corrected chi connectivity index (χ4v) is 3.93. The van der Waals surface area contributed by atoms with Crippen LogP contribution in [0.25, 0.3) is 0 Å². The van der Waals surface area contributed by atoms with Crippen LogP contribution in [-0.4, -0.2) is 16.1 Å². The molecular formula is C13H15BrN4O. The Morgan fingerprint density at radius 2 is 2.37 bits per heavy atom. The van der Waals surface area contributed by atoms with E-state index in [4.69, 9.17) is 5.26 Å². The molecule has 2 N–H and O–H groups in total. The number of hydrogen-bond acceptors (Lipinski definition) is 3. The highest BCUT2D eigenvalue weighted by molar-refractivity contribution is 9.10. The minimum Gasteiger partial charge on any atom is -0.308 e. The molecule has 5 nitrogen and oxygen atoms in total. The number of anilines is 1. The van der Waals surface area contributed by atoms with Crippen molar-refractivity contribution in [3.05, 3.63) is 10.2 Å². The molecule has 0 spiro atoms. The van der Waals surface area contributed by atoms with Gasteiger partial charge in [0.1, 0.15) is 16.2 Å². The summed E-state index contributed by atoms with van der Waals surface area (Å²) in [5, 5.41) is 18.3. The molecule has 3 rings (SSSR count). The highest BCUT2D eigenvalue weighted by atomic mass is 79.9. The highest BCUT2D eigenvalue weighted by Crippen LogP contribution is 2.49. The van der Waals surface area contributed by atoms with Crippen LogP contribution in [-0.2, 0) is 4.79 Å². The molecule has 0 aliphatic heterocycles. The predicted molar refractivity (Wildman–Crippen MR) is 73.2 cm³/mol. The Morgan fingerprint density at radius 3 is 3.00 bits per heavy atom. The van der Waals surface area contributed by atoms with Crippen LogP contribution >= 0.6 is 15.9 Å². The van der Waals surface area contributed by atoms with Crippen LogP contribution in [0.5, 0.6) is 0 Å². The molecule has 19 heavy (non-hydrogen) atoms. The van der Waals surface area contributed by atoms with Crippen molar-refractivity contribution in [2.24, 2.45) is 17.8 Å². The molecule has 1 amide bonds. The molecular weight excluding hydrogens is 308 g/mol. The van der Waals surface area contributed by atoms with Gasteiger partial charge in [-0.2, -0.15) is 10.4 Å². The summed E-state index contributed by atoms with van der Waals surface area (Å²) in [6.45, 7) is 0. The van der Waals surface area contributed by atoms with Crippen molar-refractivity contribution in [2.45, 2.75) is 32.1 Å². The predicted octanol–water partition coefficient (Wildman–Crippen LogP) is 2.81. The van der Waals surface area contributed by atoms with Gasteiger partial charge in [-0.3, -0.25) is 9.89 Å². The second-order valence-corrected chi connectivity index (χ2v) is 6.35. The molecule has 3 unspecified atom stereocenters. The number of nitriles is 1. The van der Waals surface area contributed by atoms with E-state index in [0.29, 0.717) is 28.3 Å². The maximum absolute atomic E-state index is 12.0. The third-order valence-corrected chi connectivity index (χ3v) is 5.00. The average molecular weight is 323 g/mol. The number of aromatic nitrogens is 2. The number of carbonyl (C=O) groups excluding carboxylic acids is 1. The van der Waals surface area contributed by atoms with Crippen LogP contribution in [0.15, 0.2) is 4.60 Å². The minimum absolute atomic E-state index is 0.0342. The molecule has 0 radical (unpaired) electrons. The molecule has 1 heterocycles. The Labute approximate surface area is 119 Å². The second-order valence-electron chi connectivity index (χ2n) is 5.56. The second kappa shape index (κ2) is 4.97. The fraction of sp³-hybridized carbons (Fsp3) is 0.615. The van der Waals surface area contributed by atoms with Crippen LogP contribution in [0.3, 0.4) is 0 Å². The smallest absolute Gasteiger partial charge is 0.225 e. The minimum atomic E-state index is -0.0342. The van der Waals surface area contributed by atoms with Gasteiger partial charge in [-0.15, -0.1) is 0 Å². The lowest BCUT2D eigenvalue weighted by Gasteiger charge is -2.20. The van der Waals surface area contributed by atoms with E-state index in [9.17, 15) is 4.79 Å². The summed E-state index contributed by atoms with van der Waals surface area (Å²) in [5.74, 6) is 2.39.